The van der Waals surface area contributed by atoms with Crippen LogP contribution >= 0.6 is 0 Å². The van der Waals surface area contributed by atoms with E-state index in [-0.39, 0.29) is 35.0 Å². The summed E-state index contributed by atoms with van der Waals surface area (Å²) in [5, 5.41) is 3.01. The van der Waals surface area contributed by atoms with E-state index in [2.05, 4.69) is 10.3 Å². The monoisotopic (exact) mass is 363 g/mol. The number of carbonyl (C=O) groups excluding carboxylic acids is 1. The highest BCUT2D eigenvalue weighted by atomic mass is 32.2. The topological polar surface area (TPSA) is 79.4 Å². The number of rotatable bonds is 4. The Labute approximate surface area is 145 Å². The number of sulfone groups is 1. The predicted octanol–water partition coefficient (Wildman–Crippen LogP) is 2.22. The van der Waals surface area contributed by atoms with E-state index < -0.39 is 9.84 Å². The van der Waals surface area contributed by atoms with Gasteiger partial charge in [0.05, 0.1) is 11.5 Å². The summed E-state index contributed by atoms with van der Waals surface area (Å²) in [7, 11) is -1.49. The highest BCUT2D eigenvalue weighted by Crippen LogP contribution is 2.21. The molecule has 1 unspecified atom stereocenters. The average Bonchev–Trinajstić information content (AvgIpc) is 2.94. The van der Waals surface area contributed by atoms with Crippen LogP contribution in [0.4, 0.5) is 15.8 Å². The standard InChI is InChI=1S/C17H18FN3O3S/c1-21(15-6-8-25(23,24)11-15)17(22)16-10-14(5-7-19-16)20-13-4-2-3-12(18)9-13/h2-5,7,9-10,15H,6,8,11H2,1H3,(H,19,20). The van der Waals surface area contributed by atoms with Crippen LogP contribution in [-0.4, -0.2) is 48.8 Å². The number of pyridine rings is 1. The van der Waals surface area contributed by atoms with Crippen LogP contribution in [0.15, 0.2) is 42.6 Å². The number of nitrogens with one attached hydrogen (secondary N) is 1. The minimum absolute atomic E-state index is 0.0174. The van der Waals surface area contributed by atoms with Crippen molar-refractivity contribution < 1.29 is 17.6 Å². The molecule has 0 radical (unpaired) electrons. The molecule has 2 aromatic rings. The maximum atomic E-state index is 13.3. The van der Waals surface area contributed by atoms with Crippen molar-refractivity contribution in [1.29, 1.82) is 0 Å². The number of aromatic nitrogens is 1. The van der Waals surface area contributed by atoms with E-state index >= 15 is 0 Å². The zero-order valence-corrected chi connectivity index (χ0v) is 14.5. The number of hydrogen-bond acceptors (Lipinski definition) is 5. The summed E-state index contributed by atoms with van der Waals surface area (Å²) < 4.78 is 36.4. The van der Waals surface area contributed by atoms with Crippen LogP contribution in [0.2, 0.25) is 0 Å². The molecule has 1 saturated heterocycles. The summed E-state index contributed by atoms with van der Waals surface area (Å²) in [5.74, 6) is -0.622. The molecule has 25 heavy (non-hydrogen) atoms. The summed E-state index contributed by atoms with van der Waals surface area (Å²) in [6, 6.07) is 8.88. The third-order valence-electron chi connectivity index (χ3n) is 4.17. The lowest BCUT2D eigenvalue weighted by Gasteiger charge is -2.23. The van der Waals surface area contributed by atoms with E-state index in [0.29, 0.717) is 17.8 Å². The Morgan fingerprint density at radius 1 is 1.28 bits per heavy atom. The number of nitrogens with zero attached hydrogens (tertiary/aromatic N) is 2. The summed E-state index contributed by atoms with van der Waals surface area (Å²) in [5.41, 5.74) is 1.35. The molecule has 8 heteroatoms. The maximum absolute atomic E-state index is 13.3. The summed E-state index contributed by atoms with van der Waals surface area (Å²) in [4.78, 5) is 18.1. The lowest BCUT2D eigenvalue weighted by Crippen LogP contribution is -2.38. The predicted molar refractivity (Wildman–Crippen MR) is 93.1 cm³/mol. The zero-order valence-electron chi connectivity index (χ0n) is 13.6. The van der Waals surface area contributed by atoms with Gasteiger partial charge in [0.1, 0.15) is 11.5 Å². The Balaban J connectivity index is 1.75. The molecule has 1 aromatic carbocycles. The third kappa shape index (κ3) is 4.14. The SMILES string of the molecule is CN(C(=O)c1cc(Nc2cccc(F)c2)ccn1)C1CCS(=O)(=O)C1. The first-order valence-electron chi connectivity index (χ1n) is 7.80. The van der Waals surface area contributed by atoms with Crippen molar-refractivity contribution in [2.24, 2.45) is 0 Å². The van der Waals surface area contributed by atoms with Crippen LogP contribution in [0.3, 0.4) is 0 Å². The molecule has 0 aliphatic carbocycles. The first-order valence-corrected chi connectivity index (χ1v) is 9.62. The van der Waals surface area contributed by atoms with Gasteiger partial charge in [0.25, 0.3) is 5.91 Å². The van der Waals surface area contributed by atoms with Crippen LogP contribution < -0.4 is 5.32 Å². The molecule has 3 rings (SSSR count). The molecule has 1 atom stereocenters. The van der Waals surface area contributed by atoms with Gasteiger partial charge in [-0.15, -0.1) is 0 Å². The van der Waals surface area contributed by atoms with E-state index in [1.54, 1.807) is 31.3 Å². The molecule has 6 nitrogen and oxygen atoms in total. The molecule has 132 valence electrons. The van der Waals surface area contributed by atoms with Gasteiger partial charge in [0, 0.05) is 30.7 Å². The van der Waals surface area contributed by atoms with Crippen molar-refractivity contribution in [3.05, 3.63) is 54.1 Å². The quantitative estimate of drug-likeness (QED) is 0.901. The van der Waals surface area contributed by atoms with Gasteiger partial charge < -0.3 is 10.2 Å². The number of carbonyl (C=O) groups is 1. The Bertz CT molecular complexity index is 902. The normalized spacial score (nSPS) is 18.7. The fraction of sp³-hybridized carbons (Fsp3) is 0.294. The van der Waals surface area contributed by atoms with Crippen molar-refractivity contribution in [3.8, 4) is 0 Å². The summed E-state index contributed by atoms with van der Waals surface area (Å²) in [6.07, 6.45) is 1.92. The Kier molecular flexibility index (Phi) is 4.71. The second-order valence-corrected chi connectivity index (χ2v) is 8.27. The molecular weight excluding hydrogens is 345 g/mol. The van der Waals surface area contributed by atoms with E-state index in [1.807, 2.05) is 0 Å². The van der Waals surface area contributed by atoms with E-state index in [4.69, 9.17) is 0 Å². The molecular formula is C17H18FN3O3S. The summed E-state index contributed by atoms with van der Waals surface area (Å²) in [6.45, 7) is 0. The van der Waals surface area contributed by atoms with Crippen molar-refractivity contribution >= 4 is 27.1 Å². The van der Waals surface area contributed by atoms with Gasteiger partial charge in [-0.05, 0) is 36.8 Å². The Hall–Kier alpha value is -2.48. The van der Waals surface area contributed by atoms with Gasteiger partial charge in [-0.25, -0.2) is 12.8 Å². The fourth-order valence-corrected chi connectivity index (χ4v) is 4.56. The molecule has 2 heterocycles. The van der Waals surface area contributed by atoms with Crippen molar-refractivity contribution in [2.75, 3.05) is 23.9 Å². The van der Waals surface area contributed by atoms with E-state index in [1.165, 1.54) is 23.2 Å². The Morgan fingerprint density at radius 3 is 2.72 bits per heavy atom. The lowest BCUT2D eigenvalue weighted by atomic mass is 10.2. The molecule has 1 aromatic heterocycles. The van der Waals surface area contributed by atoms with Crippen molar-refractivity contribution in [2.45, 2.75) is 12.5 Å². The van der Waals surface area contributed by atoms with Crippen LogP contribution in [-0.2, 0) is 9.84 Å². The third-order valence-corrected chi connectivity index (χ3v) is 5.92. The lowest BCUT2D eigenvalue weighted by molar-refractivity contribution is 0.0742. The van der Waals surface area contributed by atoms with Gasteiger partial charge >= 0.3 is 0 Å². The molecule has 1 amide bonds. The van der Waals surface area contributed by atoms with Crippen LogP contribution in [0.5, 0.6) is 0 Å². The smallest absolute Gasteiger partial charge is 0.272 e. The average molecular weight is 363 g/mol. The second kappa shape index (κ2) is 6.79. The molecule has 0 spiro atoms. The van der Waals surface area contributed by atoms with Crippen LogP contribution in [0, 0.1) is 5.82 Å². The van der Waals surface area contributed by atoms with E-state index in [9.17, 15) is 17.6 Å². The van der Waals surface area contributed by atoms with Crippen LogP contribution in [0.1, 0.15) is 16.9 Å². The van der Waals surface area contributed by atoms with E-state index in [0.717, 1.165) is 0 Å². The van der Waals surface area contributed by atoms with Gasteiger partial charge in [-0.2, -0.15) is 0 Å². The number of halogens is 1. The van der Waals surface area contributed by atoms with Gasteiger partial charge in [0.2, 0.25) is 0 Å². The molecule has 0 bridgehead atoms. The number of hydrogen-bond donors (Lipinski definition) is 1. The highest BCUT2D eigenvalue weighted by Gasteiger charge is 2.33. The van der Waals surface area contributed by atoms with Gasteiger partial charge in [0.15, 0.2) is 9.84 Å². The molecule has 1 aliphatic rings. The number of amides is 1. The first-order chi connectivity index (χ1) is 11.8. The minimum atomic E-state index is -3.07. The van der Waals surface area contributed by atoms with Gasteiger partial charge in [-0.1, -0.05) is 6.07 Å². The largest absolute Gasteiger partial charge is 0.355 e. The molecule has 1 N–H and O–H groups in total. The summed E-state index contributed by atoms with van der Waals surface area (Å²) >= 11 is 0. The number of anilines is 2. The van der Waals surface area contributed by atoms with Gasteiger partial charge in [-0.3, -0.25) is 9.78 Å². The zero-order chi connectivity index (χ0) is 18.0. The first kappa shape index (κ1) is 17.3. The molecule has 0 saturated carbocycles. The molecule has 1 aliphatic heterocycles. The maximum Gasteiger partial charge on any atom is 0.272 e. The Morgan fingerprint density at radius 2 is 2.04 bits per heavy atom. The minimum Gasteiger partial charge on any atom is -0.355 e. The second-order valence-electron chi connectivity index (χ2n) is 6.04. The fourth-order valence-electron chi connectivity index (χ4n) is 2.79. The number of benzene rings is 1. The van der Waals surface area contributed by atoms with Crippen molar-refractivity contribution in [1.82, 2.24) is 9.88 Å². The van der Waals surface area contributed by atoms with Crippen molar-refractivity contribution in [3.63, 3.8) is 0 Å². The molecule has 1 fully saturated rings. The highest BCUT2D eigenvalue weighted by molar-refractivity contribution is 7.91. The van der Waals surface area contributed by atoms with Crippen LogP contribution in [0.25, 0.3) is 0 Å².